The molecule has 9 heavy (non-hydrogen) atoms. The van der Waals surface area contributed by atoms with Crippen LogP contribution in [-0.4, -0.2) is 29.1 Å². The molecule has 0 aromatic heterocycles. The van der Waals surface area contributed by atoms with Gasteiger partial charge < -0.3 is 10.2 Å². The maximum absolute atomic E-state index is 9.91. The summed E-state index contributed by atoms with van der Waals surface area (Å²) in [4.78, 5) is 19.5. The fourth-order valence-electron chi connectivity index (χ4n) is 0.151. The first-order valence-corrected chi connectivity index (χ1v) is 2.39. The number of carboxylic acid groups (broad SMARTS) is 1. The molecule has 0 rings (SSSR count). The maximum atomic E-state index is 9.91. The third-order valence-corrected chi connectivity index (χ3v) is 0.560. The molecule has 0 spiro atoms. The topological polar surface area (TPSA) is 74.6 Å². The van der Waals surface area contributed by atoms with Gasteiger partial charge in [-0.15, -0.1) is 0 Å². The number of aliphatic hydroxyl groups is 1. The Hall–Kier alpha value is -0.900. The minimum atomic E-state index is -1.34. The Balaban J connectivity index is 0. The van der Waals surface area contributed by atoms with E-state index in [4.69, 9.17) is 10.2 Å². The maximum Gasteiger partial charge on any atom is 0.372 e. The number of ketones is 1. The van der Waals surface area contributed by atoms with Crippen LogP contribution in [0.5, 0.6) is 0 Å². The summed E-state index contributed by atoms with van der Waals surface area (Å²) >= 11 is 0. The summed E-state index contributed by atoms with van der Waals surface area (Å²) in [7, 11) is 1.00. The lowest BCUT2D eigenvalue weighted by Gasteiger charge is -1.80. The molecule has 0 aliphatic rings. The van der Waals surface area contributed by atoms with Crippen LogP contribution in [-0.2, 0) is 9.59 Å². The quantitative estimate of drug-likeness (QED) is 0.506. The molecule has 0 saturated heterocycles. The van der Waals surface area contributed by atoms with Gasteiger partial charge in [0.25, 0.3) is 0 Å². The lowest BCUT2D eigenvalue weighted by Crippen LogP contribution is -2.09. The highest BCUT2D eigenvalue weighted by atomic mass is 16.4. The van der Waals surface area contributed by atoms with Crippen molar-refractivity contribution in [3.05, 3.63) is 0 Å². The predicted molar refractivity (Wildman–Crippen MR) is 31.1 cm³/mol. The molecule has 0 aliphatic heterocycles. The summed E-state index contributed by atoms with van der Waals surface area (Å²) in [5.74, 6) is -2.08. The van der Waals surface area contributed by atoms with Crippen molar-refractivity contribution in [1.29, 1.82) is 0 Å². The first kappa shape index (κ1) is 11.0. The minimum Gasteiger partial charge on any atom is -0.476 e. The van der Waals surface area contributed by atoms with Crippen LogP contribution >= 0.6 is 0 Å². The van der Waals surface area contributed by atoms with Gasteiger partial charge in [0, 0.05) is 13.5 Å². The van der Waals surface area contributed by atoms with Gasteiger partial charge in [0.2, 0.25) is 5.78 Å². The highest BCUT2D eigenvalue weighted by Crippen LogP contribution is 1.76. The van der Waals surface area contributed by atoms with Gasteiger partial charge in [0.1, 0.15) is 0 Å². The number of carbonyl (C=O) groups excluding carboxylic acids is 1. The van der Waals surface area contributed by atoms with Crippen LogP contribution in [0.2, 0.25) is 0 Å². The van der Waals surface area contributed by atoms with E-state index in [9.17, 15) is 9.59 Å². The van der Waals surface area contributed by atoms with Crippen molar-refractivity contribution in [3.8, 4) is 0 Å². The average Bonchev–Trinajstić information content (AvgIpc) is 1.91. The van der Waals surface area contributed by atoms with Crippen molar-refractivity contribution < 1.29 is 19.8 Å². The van der Waals surface area contributed by atoms with Crippen LogP contribution in [0.15, 0.2) is 0 Å². The smallest absolute Gasteiger partial charge is 0.372 e. The molecule has 4 nitrogen and oxygen atoms in total. The Bertz CT molecular complexity index is 97.1. The molecule has 2 N–H and O–H groups in total. The molecule has 0 aliphatic carbocycles. The van der Waals surface area contributed by atoms with Crippen LogP contribution in [0.3, 0.4) is 0 Å². The molecule has 0 atom stereocenters. The number of rotatable bonds is 2. The number of aliphatic hydroxyl groups excluding tert-OH is 1. The van der Waals surface area contributed by atoms with Gasteiger partial charge in [-0.2, -0.15) is 0 Å². The van der Waals surface area contributed by atoms with E-state index in [1.807, 2.05) is 0 Å². The summed E-state index contributed by atoms with van der Waals surface area (Å²) in [5.41, 5.74) is 0. The van der Waals surface area contributed by atoms with E-state index < -0.39 is 11.8 Å². The van der Waals surface area contributed by atoms with Gasteiger partial charge in [0.05, 0.1) is 0 Å². The summed E-state index contributed by atoms with van der Waals surface area (Å²) in [6.07, 6.45) is 0.0787. The second kappa shape index (κ2) is 7.10. The number of carbonyl (C=O) groups is 2. The Morgan fingerprint density at radius 2 is 1.67 bits per heavy atom. The molecule has 4 heteroatoms. The van der Waals surface area contributed by atoms with E-state index in [1.165, 1.54) is 6.92 Å². The van der Waals surface area contributed by atoms with E-state index in [1.54, 1.807) is 0 Å². The number of Topliss-reactive ketones (excluding diaryl/α,β-unsaturated/α-hetero) is 1. The molecule has 0 saturated carbocycles. The second-order valence-corrected chi connectivity index (χ2v) is 1.08. The van der Waals surface area contributed by atoms with Crippen molar-refractivity contribution in [1.82, 2.24) is 0 Å². The molecule has 0 radical (unpaired) electrons. The summed E-state index contributed by atoms with van der Waals surface area (Å²) in [6, 6.07) is 0. The molecular formula is C5H10O4. The Labute approximate surface area is 53.1 Å². The zero-order valence-corrected chi connectivity index (χ0v) is 5.42. The van der Waals surface area contributed by atoms with E-state index >= 15 is 0 Å². The zero-order chi connectivity index (χ0) is 7.86. The van der Waals surface area contributed by atoms with Crippen molar-refractivity contribution in [2.75, 3.05) is 7.11 Å². The zero-order valence-electron chi connectivity index (χ0n) is 5.42. The van der Waals surface area contributed by atoms with Gasteiger partial charge in [-0.3, -0.25) is 4.79 Å². The van der Waals surface area contributed by atoms with Gasteiger partial charge in [0.15, 0.2) is 0 Å². The van der Waals surface area contributed by atoms with Gasteiger partial charge >= 0.3 is 5.97 Å². The molecule has 0 heterocycles. The molecule has 54 valence electrons. The van der Waals surface area contributed by atoms with Crippen LogP contribution in [0.4, 0.5) is 0 Å². The lowest BCUT2D eigenvalue weighted by atomic mass is 10.3. The Morgan fingerprint density at radius 1 is 1.33 bits per heavy atom. The van der Waals surface area contributed by atoms with Crippen LogP contribution in [0.25, 0.3) is 0 Å². The van der Waals surface area contributed by atoms with Gasteiger partial charge in [-0.1, -0.05) is 6.92 Å². The fourth-order valence-corrected chi connectivity index (χ4v) is 0.151. The van der Waals surface area contributed by atoms with Crippen molar-refractivity contribution >= 4 is 11.8 Å². The third kappa shape index (κ3) is 7.10. The van der Waals surface area contributed by atoms with E-state index in [-0.39, 0.29) is 6.42 Å². The molecule has 0 aromatic rings. The van der Waals surface area contributed by atoms with Crippen LogP contribution in [0, 0.1) is 0 Å². The summed E-state index contributed by atoms with van der Waals surface area (Å²) in [6.45, 7) is 1.51. The molecule has 0 fully saturated rings. The van der Waals surface area contributed by atoms with E-state index in [0.717, 1.165) is 7.11 Å². The highest BCUT2D eigenvalue weighted by Gasteiger charge is 2.05. The Morgan fingerprint density at radius 3 is 1.67 bits per heavy atom. The van der Waals surface area contributed by atoms with E-state index in [0.29, 0.717) is 0 Å². The molecular weight excluding hydrogens is 124 g/mol. The summed E-state index contributed by atoms with van der Waals surface area (Å²) < 4.78 is 0. The van der Waals surface area contributed by atoms with E-state index in [2.05, 4.69) is 0 Å². The number of aliphatic carboxylic acids is 1. The van der Waals surface area contributed by atoms with Gasteiger partial charge in [-0.05, 0) is 0 Å². The van der Waals surface area contributed by atoms with Crippen LogP contribution < -0.4 is 0 Å². The Kier molecular flexibility index (Phi) is 8.66. The third-order valence-electron chi connectivity index (χ3n) is 0.560. The molecule has 0 aromatic carbocycles. The van der Waals surface area contributed by atoms with Crippen molar-refractivity contribution in [2.24, 2.45) is 0 Å². The average molecular weight is 134 g/mol. The number of hydrogen-bond acceptors (Lipinski definition) is 3. The predicted octanol–water partition coefficient (Wildman–Crippen LogP) is -0.341. The molecule has 0 unspecified atom stereocenters. The van der Waals surface area contributed by atoms with Gasteiger partial charge in [-0.25, -0.2) is 4.79 Å². The monoisotopic (exact) mass is 134 g/mol. The minimum absolute atomic E-state index is 0.0787. The van der Waals surface area contributed by atoms with Crippen molar-refractivity contribution in [2.45, 2.75) is 13.3 Å². The largest absolute Gasteiger partial charge is 0.476 e. The second-order valence-electron chi connectivity index (χ2n) is 1.08. The first-order valence-electron chi connectivity index (χ1n) is 2.39. The summed E-state index contributed by atoms with van der Waals surface area (Å²) in [5, 5.41) is 14.8. The lowest BCUT2D eigenvalue weighted by molar-refractivity contribution is -0.148. The standard InChI is InChI=1S/C4H6O3.CH4O/c1-2-3(5)4(6)7;1-2/h2H2,1H3,(H,6,7);2H,1H3. The number of hydrogen-bond donors (Lipinski definition) is 2. The molecule has 0 amide bonds. The SMILES string of the molecule is CCC(=O)C(=O)O.CO. The normalized spacial score (nSPS) is 7.00. The van der Waals surface area contributed by atoms with Crippen molar-refractivity contribution in [3.63, 3.8) is 0 Å². The highest BCUT2D eigenvalue weighted by molar-refractivity contribution is 6.32. The molecule has 0 bridgehead atoms. The first-order chi connectivity index (χ1) is 4.18. The van der Waals surface area contributed by atoms with Crippen LogP contribution in [0.1, 0.15) is 13.3 Å². The number of carboxylic acids is 1. The fraction of sp³-hybridized carbons (Fsp3) is 0.600.